The van der Waals surface area contributed by atoms with Crippen molar-refractivity contribution < 1.29 is 0 Å². The third-order valence-corrected chi connectivity index (χ3v) is 2.03. The lowest BCUT2D eigenvalue weighted by Gasteiger charge is -2.06. The zero-order valence-electron chi connectivity index (χ0n) is 6.40. The predicted molar refractivity (Wildman–Crippen MR) is 46.4 cm³/mol. The Bertz CT molecular complexity index is 123. The molecule has 0 radical (unpaired) electrons. The molecule has 0 atom stereocenters. The number of hydrogen-bond acceptors (Lipinski definition) is 1. The molecule has 0 aromatic carbocycles. The van der Waals surface area contributed by atoms with E-state index >= 15 is 0 Å². The molecule has 0 aliphatic carbocycles. The van der Waals surface area contributed by atoms with E-state index in [1.165, 1.54) is 4.91 Å². The molecule has 9 heavy (non-hydrogen) atoms. The van der Waals surface area contributed by atoms with Gasteiger partial charge in [-0.25, -0.2) is 0 Å². The molecule has 0 fully saturated rings. The highest BCUT2D eigenvalue weighted by molar-refractivity contribution is 8.06. The second kappa shape index (κ2) is 3.78. The first kappa shape index (κ1) is 8.83. The summed E-state index contributed by atoms with van der Waals surface area (Å²) in [6.07, 6.45) is 0. The molecule has 0 N–H and O–H groups in total. The van der Waals surface area contributed by atoms with E-state index in [-0.39, 0.29) is 0 Å². The molecular formula is C8H14S. The summed E-state index contributed by atoms with van der Waals surface area (Å²) in [6, 6.07) is 0. The molecule has 52 valence electrons. The van der Waals surface area contributed by atoms with E-state index in [2.05, 4.69) is 27.0 Å². The van der Waals surface area contributed by atoms with Crippen molar-refractivity contribution in [1.82, 2.24) is 0 Å². The topological polar surface area (TPSA) is 0 Å². The van der Waals surface area contributed by atoms with Gasteiger partial charge in [-0.1, -0.05) is 27.0 Å². The fraction of sp³-hybridized carbons (Fsp3) is 0.500. The van der Waals surface area contributed by atoms with Crippen LogP contribution in [0.1, 0.15) is 20.8 Å². The van der Waals surface area contributed by atoms with Crippen LogP contribution in [0.3, 0.4) is 0 Å². The normalized spacial score (nSPS) is 9.78. The number of thioether (sulfide) groups is 1. The lowest BCUT2D eigenvalue weighted by Crippen LogP contribution is -1.85. The Kier molecular flexibility index (Phi) is 3.71. The summed E-state index contributed by atoms with van der Waals surface area (Å²) in [6.45, 7) is 13.9. The quantitative estimate of drug-likeness (QED) is 0.582. The minimum absolute atomic E-state index is 0.562. The first-order valence-electron chi connectivity index (χ1n) is 3.06. The summed E-state index contributed by atoms with van der Waals surface area (Å²) >= 11 is 1.67. The maximum atomic E-state index is 3.90. The Labute approximate surface area is 62.0 Å². The predicted octanol–water partition coefficient (Wildman–Crippen LogP) is 3.42. The molecule has 0 aromatic rings. The molecule has 0 spiro atoms. The van der Waals surface area contributed by atoms with E-state index in [9.17, 15) is 0 Å². The van der Waals surface area contributed by atoms with E-state index in [1.54, 1.807) is 11.8 Å². The van der Waals surface area contributed by atoms with Gasteiger partial charge in [-0.05, 0) is 22.7 Å². The van der Waals surface area contributed by atoms with Crippen molar-refractivity contribution in [3.8, 4) is 0 Å². The van der Waals surface area contributed by atoms with Gasteiger partial charge in [0.2, 0.25) is 0 Å². The molecule has 0 amide bonds. The van der Waals surface area contributed by atoms with Gasteiger partial charge in [-0.2, -0.15) is 0 Å². The van der Waals surface area contributed by atoms with Crippen molar-refractivity contribution in [2.45, 2.75) is 20.8 Å². The maximum absolute atomic E-state index is 3.90. The highest BCUT2D eigenvalue weighted by Crippen LogP contribution is 2.27. The van der Waals surface area contributed by atoms with E-state index in [4.69, 9.17) is 0 Å². The zero-order valence-corrected chi connectivity index (χ0v) is 7.22. The Morgan fingerprint density at radius 1 is 1.33 bits per heavy atom. The van der Waals surface area contributed by atoms with Gasteiger partial charge in [-0.3, -0.25) is 0 Å². The maximum Gasteiger partial charge on any atom is -0.0152 e. The Hall–Kier alpha value is -0.170. The van der Waals surface area contributed by atoms with Gasteiger partial charge in [0.25, 0.3) is 0 Å². The summed E-state index contributed by atoms with van der Waals surface area (Å²) in [4.78, 5) is 2.32. The average Bonchev–Trinajstić information content (AvgIpc) is 1.63. The van der Waals surface area contributed by atoms with Crippen LogP contribution in [0.5, 0.6) is 0 Å². The fourth-order valence-corrected chi connectivity index (χ4v) is 1.02. The molecule has 0 saturated heterocycles. The van der Waals surface area contributed by atoms with Gasteiger partial charge in [0, 0.05) is 0 Å². The first-order chi connectivity index (χ1) is 4.04. The third-order valence-electron chi connectivity index (χ3n) is 0.949. The zero-order chi connectivity index (χ0) is 7.44. The van der Waals surface area contributed by atoms with Crippen LogP contribution in [-0.2, 0) is 0 Å². The fourth-order valence-electron chi connectivity index (χ4n) is 0.342. The molecule has 0 aliphatic rings. The van der Waals surface area contributed by atoms with Gasteiger partial charge < -0.3 is 0 Å². The van der Waals surface area contributed by atoms with Crippen LogP contribution >= 0.6 is 11.8 Å². The number of rotatable bonds is 3. The van der Waals surface area contributed by atoms with Gasteiger partial charge in [0.1, 0.15) is 0 Å². The van der Waals surface area contributed by atoms with Crippen molar-refractivity contribution in [2.24, 2.45) is 5.92 Å². The van der Waals surface area contributed by atoms with Crippen molar-refractivity contribution in [3.63, 3.8) is 0 Å². The SMILES string of the molecule is C=C(C)SC(=C)C(C)C. The Morgan fingerprint density at radius 3 is 1.89 bits per heavy atom. The first-order valence-corrected chi connectivity index (χ1v) is 3.88. The van der Waals surface area contributed by atoms with E-state index in [1.807, 2.05) is 6.92 Å². The summed E-state index contributed by atoms with van der Waals surface area (Å²) in [7, 11) is 0. The molecule has 0 aromatic heterocycles. The van der Waals surface area contributed by atoms with Gasteiger partial charge in [0.15, 0.2) is 0 Å². The molecule has 0 bridgehead atoms. The number of allylic oxidation sites excluding steroid dienone is 2. The van der Waals surface area contributed by atoms with Crippen molar-refractivity contribution >= 4 is 11.8 Å². The number of hydrogen-bond donors (Lipinski definition) is 0. The summed E-state index contributed by atoms with van der Waals surface area (Å²) in [5.74, 6) is 0.562. The standard InChI is InChI=1S/C8H14S/c1-6(2)8(5)9-7(3)4/h6H,3,5H2,1-2,4H3. The third kappa shape index (κ3) is 4.34. The smallest absolute Gasteiger partial charge is 0.0152 e. The minimum atomic E-state index is 0.562. The van der Waals surface area contributed by atoms with Crippen molar-refractivity contribution in [3.05, 3.63) is 23.0 Å². The van der Waals surface area contributed by atoms with Crippen LogP contribution in [-0.4, -0.2) is 0 Å². The van der Waals surface area contributed by atoms with Crippen molar-refractivity contribution in [2.75, 3.05) is 0 Å². The van der Waals surface area contributed by atoms with Gasteiger partial charge >= 0.3 is 0 Å². The molecule has 0 aliphatic heterocycles. The highest BCUT2D eigenvalue weighted by Gasteiger charge is 1.99. The van der Waals surface area contributed by atoms with Crippen LogP contribution in [0.2, 0.25) is 0 Å². The Balaban J connectivity index is 3.64. The van der Waals surface area contributed by atoms with E-state index in [0.717, 1.165) is 4.91 Å². The summed E-state index contributed by atoms with van der Waals surface area (Å²) < 4.78 is 0. The van der Waals surface area contributed by atoms with Crippen LogP contribution in [0.25, 0.3) is 0 Å². The van der Waals surface area contributed by atoms with Gasteiger partial charge in [-0.15, -0.1) is 11.8 Å². The monoisotopic (exact) mass is 142 g/mol. The average molecular weight is 142 g/mol. The molecule has 0 rings (SSSR count). The molecule has 0 saturated carbocycles. The molecular weight excluding hydrogens is 128 g/mol. The molecule has 0 nitrogen and oxygen atoms in total. The van der Waals surface area contributed by atoms with Crippen LogP contribution in [0.4, 0.5) is 0 Å². The molecule has 1 heteroatoms. The highest BCUT2D eigenvalue weighted by atomic mass is 32.2. The van der Waals surface area contributed by atoms with E-state index < -0.39 is 0 Å². The van der Waals surface area contributed by atoms with E-state index in [0.29, 0.717) is 5.92 Å². The molecule has 0 heterocycles. The summed E-state index contributed by atoms with van der Waals surface area (Å²) in [5.41, 5.74) is 0. The molecule has 0 unspecified atom stereocenters. The van der Waals surface area contributed by atoms with Crippen LogP contribution in [0.15, 0.2) is 23.0 Å². The van der Waals surface area contributed by atoms with Crippen molar-refractivity contribution in [1.29, 1.82) is 0 Å². The van der Waals surface area contributed by atoms with Gasteiger partial charge in [0.05, 0.1) is 0 Å². The second-order valence-corrected chi connectivity index (χ2v) is 3.85. The van der Waals surface area contributed by atoms with Crippen LogP contribution < -0.4 is 0 Å². The lowest BCUT2D eigenvalue weighted by atomic mass is 10.2. The largest absolute Gasteiger partial charge is 0.100 e. The minimum Gasteiger partial charge on any atom is -0.100 e. The lowest BCUT2D eigenvalue weighted by molar-refractivity contribution is 0.820. The Morgan fingerprint density at radius 2 is 1.78 bits per heavy atom. The van der Waals surface area contributed by atoms with Crippen LogP contribution in [0, 0.1) is 5.92 Å². The summed E-state index contributed by atoms with van der Waals surface area (Å²) in [5, 5.41) is 0. The second-order valence-electron chi connectivity index (χ2n) is 2.43.